The highest BCUT2D eigenvalue weighted by Gasteiger charge is 2.43. The highest BCUT2D eigenvalue weighted by molar-refractivity contribution is 5.82. The van der Waals surface area contributed by atoms with Crippen molar-refractivity contribution in [2.24, 2.45) is 5.92 Å². The Morgan fingerprint density at radius 2 is 1.88 bits per heavy atom. The molecule has 2 aromatic rings. The van der Waals surface area contributed by atoms with Crippen LogP contribution in [0.25, 0.3) is 0 Å². The Labute approximate surface area is 192 Å². The van der Waals surface area contributed by atoms with Crippen LogP contribution in [0.3, 0.4) is 0 Å². The summed E-state index contributed by atoms with van der Waals surface area (Å²) in [5, 5.41) is 3.23. The second-order valence-corrected chi connectivity index (χ2v) is 9.39. The Kier molecular flexibility index (Phi) is 5.93. The molecular formula is C25H29F3N4O. The molecule has 1 amide bonds. The number of benzene rings is 1. The fourth-order valence-corrected chi connectivity index (χ4v) is 5.60. The molecule has 0 radical (unpaired) electrons. The molecule has 176 valence electrons. The van der Waals surface area contributed by atoms with Crippen molar-refractivity contribution in [3.8, 4) is 0 Å². The third kappa shape index (κ3) is 4.52. The number of halogens is 3. The van der Waals surface area contributed by atoms with Crippen molar-refractivity contribution < 1.29 is 18.0 Å². The first-order valence-corrected chi connectivity index (χ1v) is 11.8. The summed E-state index contributed by atoms with van der Waals surface area (Å²) in [5.41, 5.74) is 0.768. The molecule has 8 heteroatoms. The summed E-state index contributed by atoms with van der Waals surface area (Å²) in [4.78, 5) is 22.3. The van der Waals surface area contributed by atoms with Gasteiger partial charge in [-0.3, -0.25) is 4.79 Å². The van der Waals surface area contributed by atoms with Crippen molar-refractivity contribution in [1.82, 2.24) is 10.3 Å². The number of piperazine rings is 1. The van der Waals surface area contributed by atoms with Gasteiger partial charge in [-0.2, -0.15) is 13.2 Å². The van der Waals surface area contributed by atoms with E-state index in [1.807, 2.05) is 18.2 Å². The molecule has 1 saturated heterocycles. The normalized spacial score (nSPS) is 23.6. The Bertz CT molecular complexity index is 991. The molecule has 33 heavy (non-hydrogen) atoms. The van der Waals surface area contributed by atoms with Crippen LogP contribution in [-0.4, -0.2) is 42.6 Å². The van der Waals surface area contributed by atoms with E-state index in [1.54, 1.807) is 12.3 Å². The van der Waals surface area contributed by atoms with Gasteiger partial charge in [-0.1, -0.05) is 25.3 Å². The quantitative estimate of drug-likeness (QED) is 0.740. The molecule has 1 aromatic carbocycles. The van der Waals surface area contributed by atoms with Crippen LogP contribution in [0.1, 0.15) is 43.2 Å². The minimum atomic E-state index is -4.40. The molecule has 2 fully saturated rings. The van der Waals surface area contributed by atoms with Gasteiger partial charge in [0.05, 0.1) is 17.5 Å². The number of pyridine rings is 1. The maximum atomic E-state index is 13.5. The number of nitrogens with one attached hydrogen (secondary N) is 1. The van der Waals surface area contributed by atoms with Crippen LogP contribution in [0.5, 0.6) is 0 Å². The number of carbonyl (C=O) groups is 1. The average molecular weight is 459 g/mol. The molecular weight excluding hydrogens is 429 g/mol. The van der Waals surface area contributed by atoms with E-state index >= 15 is 0 Å². The molecule has 1 saturated carbocycles. The number of rotatable bonds is 3. The first-order valence-electron chi connectivity index (χ1n) is 11.8. The van der Waals surface area contributed by atoms with Crippen LogP contribution in [-0.2, 0) is 17.4 Å². The lowest BCUT2D eigenvalue weighted by Crippen LogP contribution is -2.62. The second kappa shape index (κ2) is 8.88. The molecule has 1 aromatic heterocycles. The van der Waals surface area contributed by atoms with Gasteiger partial charge in [-0.05, 0) is 55.2 Å². The fraction of sp³-hybridized carbons (Fsp3) is 0.520. The predicted octanol–water partition coefficient (Wildman–Crippen LogP) is 4.42. The van der Waals surface area contributed by atoms with E-state index < -0.39 is 17.7 Å². The van der Waals surface area contributed by atoms with Crippen LogP contribution < -0.4 is 15.1 Å². The van der Waals surface area contributed by atoms with Crippen molar-refractivity contribution >= 4 is 17.4 Å². The van der Waals surface area contributed by atoms with Crippen molar-refractivity contribution in [1.29, 1.82) is 0 Å². The van der Waals surface area contributed by atoms with Crippen molar-refractivity contribution in [2.45, 2.75) is 56.8 Å². The number of nitrogens with zero attached hydrogens (tertiary/aromatic N) is 3. The lowest BCUT2D eigenvalue weighted by atomic mass is 9.82. The molecule has 0 unspecified atom stereocenters. The summed E-state index contributed by atoms with van der Waals surface area (Å²) in [6, 6.07) is 9.79. The average Bonchev–Trinajstić information content (AvgIpc) is 2.83. The minimum Gasteiger partial charge on any atom is -0.364 e. The SMILES string of the molecule is O=C(NC1CCCCC1)[C@H]1Cc2cc(C(F)(F)F)ccc2N2CCN(c3ccccn3)C[C@@H]12. The number of carbonyl (C=O) groups excluding carboxylic acids is 1. The maximum absolute atomic E-state index is 13.5. The third-order valence-corrected chi connectivity index (χ3v) is 7.30. The van der Waals surface area contributed by atoms with Gasteiger partial charge in [0, 0.05) is 37.6 Å². The van der Waals surface area contributed by atoms with Gasteiger partial charge in [-0.15, -0.1) is 0 Å². The molecule has 2 atom stereocenters. The monoisotopic (exact) mass is 458 g/mol. The number of anilines is 2. The van der Waals surface area contributed by atoms with Gasteiger partial charge in [0.1, 0.15) is 5.82 Å². The fourth-order valence-electron chi connectivity index (χ4n) is 5.60. The summed E-state index contributed by atoms with van der Waals surface area (Å²) in [5.74, 6) is 0.416. The third-order valence-electron chi connectivity index (χ3n) is 7.30. The van der Waals surface area contributed by atoms with Gasteiger partial charge < -0.3 is 15.1 Å². The van der Waals surface area contributed by atoms with E-state index in [4.69, 9.17) is 0 Å². The molecule has 3 aliphatic rings. The van der Waals surface area contributed by atoms with Gasteiger partial charge in [-0.25, -0.2) is 4.98 Å². The first kappa shape index (κ1) is 22.0. The number of hydrogen-bond donors (Lipinski definition) is 1. The second-order valence-electron chi connectivity index (χ2n) is 9.39. The zero-order chi connectivity index (χ0) is 23.0. The predicted molar refractivity (Wildman–Crippen MR) is 121 cm³/mol. The number of aromatic nitrogens is 1. The molecule has 1 aliphatic carbocycles. The van der Waals surface area contributed by atoms with E-state index in [0.29, 0.717) is 31.6 Å². The van der Waals surface area contributed by atoms with E-state index in [9.17, 15) is 18.0 Å². The highest BCUT2D eigenvalue weighted by atomic mass is 19.4. The van der Waals surface area contributed by atoms with Crippen LogP contribution in [0.2, 0.25) is 0 Å². The minimum absolute atomic E-state index is 0.0390. The van der Waals surface area contributed by atoms with Crippen molar-refractivity contribution in [3.63, 3.8) is 0 Å². The topological polar surface area (TPSA) is 48.5 Å². The number of fused-ring (bicyclic) bond motifs is 3. The van der Waals surface area contributed by atoms with E-state index in [1.165, 1.54) is 12.5 Å². The summed E-state index contributed by atoms with van der Waals surface area (Å²) in [6.07, 6.45) is 3.03. The van der Waals surface area contributed by atoms with Crippen LogP contribution in [0.15, 0.2) is 42.6 Å². The van der Waals surface area contributed by atoms with Crippen LogP contribution in [0.4, 0.5) is 24.7 Å². The maximum Gasteiger partial charge on any atom is 0.416 e. The molecule has 0 bridgehead atoms. The first-order chi connectivity index (χ1) is 15.9. The van der Waals surface area contributed by atoms with Crippen LogP contribution >= 0.6 is 0 Å². The smallest absolute Gasteiger partial charge is 0.364 e. The molecule has 3 heterocycles. The zero-order valence-corrected chi connectivity index (χ0v) is 18.5. The Morgan fingerprint density at radius 3 is 2.61 bits per heavy atom. The van der Waals surface area contributed by atoms with E-state index in [-0.39, 0.29) is 18.0 Å². The summed E-state index contributed by atoms with van der Waals surface area (Å²) < 4.78 is 40.2. The summed E-state index contributed by atoms with van der Waals surface area (Å²) >= 11 is 0. The largest absolute Gasteiger partial charge is 0.416 e. The van der Waals surface area contributed by atoms with E-state index in [2.05, 4.69) is 20.1 Å². The standard InChI is InChI=1S/C25H29F3N4O/c26-25(27,28)18-9-10-21-17(14-18)15-20(24(33)30-19-6-2-1-3-7-19)22-16-31(12-13-32(21)22)23-8-4-5-11-29-23/h4-5,8-11,14,19-20,22H,1-3,6-7,12-13,15-16H2,(H,30,33)/t20-,22-/m0/s1. The molecule has 0 spiro atoms. The highest BCUT2D eigenvalue weighted by Crippen LogP contribution is 2.40. The number of hydrogen-bond acceptors (Lipinski definition) is 4. The van der Waals surface area contributed by atoms with Crippen LogP contribution in [0, 0.1) is 5.92 Å². The van der Waals surface area contributed by atoms with Gasteiger partial charge in [0.15, 0.2) is 0 Å². The molecule has 5 nitrogen and oxygen atoms in total. The lowest BCUT2D eigenvalue weighted by Gasteiger charge is -2.49. The van der Waals surface area contributed by atoms with Crippen molar-refractivity contribution in [2.75, 3.05) is 29.4 Å². The van der Waals surface area contributed by atoms with Gasteiger partial charge in [0.25, 0.3) is 0 Å². The zero-order valence-electron chi connectivity index (χ0n) is 18.5. The molecule has 2 aliphatic heterocycles. The summed E-state index contributed by atoms with van der Waals surface area (Å²) in [7, 11) is 0. The lowest BCUT2D eigenvalue weighted by molar-refractivity contribution is -0.137. The molecule has 5 rings (SSSR count). The summed E-state index contributed by atoms with van der Waals surface area (Å²) in [6.45, 7) is 1.94. The van der Waals surface area contributed by atoms with Crippen molar-refractivity contribution in [3.05, 3.63) is 53.7 Å². The number of amides is 1. The Balaban J connectivity index is 1.45. The van der Waals surface area contributed by atoms with E-state index in [0.717, 1.165) is 43.3 Å². The number of alkyl halides is 3. The van der Waals surface area contributed by atoms with Gasteiger partial charge in [0.2, 0.25) is 5.91 Å². The Hall–Kier alpha value is -2.77. The van der Waals surface area contributed by atoms with Gasteiger partial charge >= 0.3 is 6.18 Å². The molecule has 1 N–H and O–H groups in total. The Morgan fingerprint density at radius 1 is 1.06 bits per heavy atom.